The smallest absolute Gasteiger partial charge is 0.274 e. The second-order valence-electron chi connectivity index (χ2n) is 6.96. The molecule has 29 heavy (non-hydrogen) atoms. The van der Waals surface area contributed by atoms with Gasteiger partial charge < -0.3 is 14.4 Å². The number of hydrogen-bond donors (Lipinski definition) is 0. The van der Waals surface area contributed by atoms with Gasteiger partial charge in [-0.1, -0.05) is 11.3 Å². The molecule has 1 aliphatic heterocycles. The lowest BCUT2D eigenvalue weighted by Crippen LogP contribution is -2.41. The minimum Gasteiger partial charge on any atom is -0.497 e. The highest BCUT2D eigenvalue weighted by Gasteiger charge is 2.25. The third-order valence-electron chi connectivity index (χ3n) is 5.15. The van der Waals surface area contributed by atoms with Crippen molar-refractivity contribution in [3.63, 3.8) is 0 Å². The third kappa shape index (κ3) is 3.65. The Morgan fingerprint density at radius 2 is 1.93 bits per heavy atom. The summed E-state index contributed by atoms with van der Waals surface area (Å²) in [4.78, 5) is 23.6. The Labute approximate surface area is 175 Å². The Morgan fingerprint density at radius 3 is 2.76 bits per heavy atom. The minimum absolute atomic E-state index is 0.0745. The van der Waals surface area contributed by atoms with Crippen LogP contribution in [0.2, 0.25) is 0 Å². The molecule has 1 amide bonds. The zero-order chi connectivity index (χ0) is 19.8. The van der Waals surface area contributed by atoms with Crippen LogP contribution < -0.4 is 9.47 Å². The van der Waals surface area contributed by atoms with E-state index in [1.165, 1.54) is 11.3 Å². The average molecular weight is 426 g/mol. The van der Waals surface area contributed by atoms with Gasteiger partial charge in [-0.2, -0.15) is 0 Å². The van der Waals surface area contributed by atoms with Gasteiger partial charge in [0.25, 0.3) is 11.1 Å². The number of benzene rings is 2. The van der Waals surface area contributed by atoms with Crippen molar-refractivity contribution >= 4 is 49.0 Å². The number of amides is 1. The summed E-state index contributed by atoms with van der Waals surface area (Å²) in [6, 6.07) is 11.5. The van der Waals surface area contributed by atoms with Crippen LogP contribution in [0.1, 0.15) is 23.2 Å². The fraction of sp³-hybridized carbons (Fsp3) is 0.286. The SMILES string of the molecule is COc1ccc2nc(OC3CCN(C(=O)c4ccc5ncsc5c4)CC3)sc2c1. The van der Waals surface area contributed by atoms with Crippen molar-refractivity contribution in [2.45, 2.75) is 18.9 Å². The van der Waals surface area contributed by atoms with Crippen molar-refractivity contribution in [2.75, 3.05) is 20.2 Å². The zero-order valence-electron chi connectivity index (χ0n) is 15.8. The summed E-state index contributed by atoms with van der Waals surface area (Å²) in [5, 5.41) is 0.675. The van der Waals surface area contributed by atoms with E-state index < -0.39 is 0 Å². The molecular weight excluding hydrogens is 406 g/mol. The maximum Gasteiger partial charge on any atom is 0.274 e. The largest absolute Gasteiger partial charge is 0.497 e. The van der Waals surface area contributed by atoms with E-state index in [9.17, 15) is 4.79 Å². The van der Waals surface area contributed by atoms with Gasteiger partial charge in [-0.3, -0.25) is 4.79 Å². The lowest BCUT2D eigenvalue weighted by molar-refractivity contribution is 0.0595. The monoisotopic (exact) mass is 425 g/mol. The standard InChI is InChI=1S/C21H19N3O3S2/c1-26-15-3-5-17-19(11-15)29-21(23-17)27-14-6-8-24(9-7-14)20(25)13-2-4-16-18(10-13)28-12-22-16/h2-5,10-12,14H,6-9H2,1H3. The molecule has 2 aromatic heterocycles. The Hall–Kier alpha value is -2.71. The lowest BCUT2D eigenvalue weighted by Gasteiger charge is -2.31. The van der Waals surface area contributed by atoms with Gasteiger partial charge in [0.1, 0.15) is 11.9 Å². The van der Waals surface area contributed by atoms with Crippen LogP contribution in [0.4, 0.5) is 0 Å². The summed E-state index contributed by atoms with van der Waals surface area (Å²) in [5.74, 6) is 0.891. The molecule has 1 saturated heterocycles. The van der Waals surface area contributed by atoms with E-state index >= 15 is 0 Å². The number of thiazole rings is 2. The van der Waals surface area contributed by atoms with E-state index in [1.807, 2.05) is 41.3 Å². The number of carbonyl (C=O) groups excluding carboxylic acids is 1. The number of aromatic nitrogens is 2. The predicted molar refractivity (Wildman–Crippen MR) is 115 cm³/mol. The zero-order valence-corrected chi connectivity index (χ0v) is 17.5. The summed E-state index contributed by atoms with van der Waals surface area (Å²) in [7, 11) is 1.66. The normalized spacial score (nSPS) is 15.1. The highest BCUT2D eigenvalue weighted by molar-refractivity contribution is 7.20. The summed E-state index contributed by atoms with van der Waals surface area (Å²) in [6.07, 6.45) is 1.67. The van der Waals surface area contributed by atoms with Gasteiger partial charge in [0.2, 0.25) is 0 Å². The van der Waals surface area contributed by atoms with Crippen LogP contribution in [-0.2, 0) is 0 Å². The minimum atomic E-state index is 0.0745. The summed E-state index contributed by atoms with van der Waals surface area (Å²) in [5.41, 5.74) is 4.38. The molecule has 148 valence electrons. The first-order valence-corrected chi connectivity index (χ1v) is 11.1. The molecule has 0 radical (unpaired) electrons. The number of fused-ring (bicyclic) bond motifs is 2. The number of rotatable bonds is 4. The van der Waals surface area contributed by atoms with Crippen LogP contribution in [-0.4, -0.2) is 47.1 Å². The second-order valence-corrected chi connectivity index (χ2v) is 8.84. The van der Waals surface area contributed by atoms with Gasteiger partial charge in [-0.25, -0.2) is 9.97 Å². The van der Waals surface area contributed by atoms with Crippen molar-refractivity contribution in [2.24, 2.45) is 0 Å². The van der Waals surface area contributed by atoms with E-state index in [4.69, 9.17) is 9.47 Å². The maximum atomic E-state index is 12.9. The fourth-order valence-corrected chi connectivity index (χ4v) is 5.18. The molecule has 0 atom stereocenters. The molecule has 1 fully saturated rings. The molecule has 1 aliphatic rings. The van der Waals surface area contributed by atoms with Gasteiger partial charge in [-0.05, 0) is 36.4 Å². The second kappa shape index (κ2) is 7.61. The number of ether oxygens (including phenoxy) is 2. The van der Waals surface area contributed by atoms with E-state index in [-0.39, 0.29) is 12.0 Å². The van der Waals surface area contributed by atoms with Crippen LogP contribution in [0.5, 0.6) is 10.9 Å². The quantitative estimate of drug-likeness (QED) is 0.478. The number of carbonyl (C=O) groups is 1. The van der Waals surface area contributed by atoms with Crippen LogP contribution in [0.25, 0.3) is 20.4 Å². The Morgan fingerprint density at radius 1 is 1.10 bits per heavy atom. The Bertz CT molecular complexity index is 1180. The molecule has 0 spiro atoms. The first-order chi connectivity index (χ1) is 14.2. The topological polar surface area (TPSA) is 64.6 Å². The van der Waals surface area contributed by atoms with E-state index in [1.54, 1.807) is 24.0 Å². The van der Waals surface area contributed by atoms with Crippen molar-refractivity contribution < 1.29 is 14.3 Å². The van der Waals surface area contributed by atoms with Crippen LogP contribution >= 0.6 is 22.7 Å². The Kier molecular flexibility index (Phi) is 4.81. The van der Waals surface area contributed by atoms with Crippen LogP contribution in [0.3, 0.4) is 0 Å². The highest BCUT2D eigenvalue weighted by Crippen LogP contribution is 2.32. The molecular formula is C21H19N3O3S2. The van der Waals surface area contributed by atoms with Crippen molar-refractivity contribution in [1.82, 2.24) is 14.9 Å². The predicted octanol–water partition coefficient (Wildman–Crippen LogP) is 4.60. The van der Waals surface area contributed by atoms with Crippen molar-refractivity contribution in [3.8, 4) is 10.9 Å². The molecule has 5 rings (SSSR count). The third-order valence-corrected chi connectivity index (χ3v) is 6.85. The molecule has 0 bridgehead atoms. The molecule has 6 nitrogen and oxygen atoms in total. The van der Waals surface area contributed by atoms with Crippen LogP contribution in [0.15, 0.2) is 41.9 Å². The van der Waals surface area contributed by atoms with Crippen molar-refractivity contribution in [1.29, 1.82) is 0 Å². The molecule has 3 heterocycles. The van der Waals surface area contributed by atoms with Gasteiger partial charge in [0, 0.05) is 31.5 Å². The van der Waals surface area contributed by atoms with Crippen molar-refractivity contribution in [3.05, 3.63) is 47.5 Å². The van der Waals surface area contributed by atoms with Gasteiger partial charge in [0.15, 0.2) is 0 Å². The first-order valence-electron chi connectivity index (χ1n) is 9.43. The van der Waals surface area contributed by atoms with E-state index in [0.29, 0.717) is 18.3 Å². The van der Waals surface area contributed by atoms with E-state index in [0.717, 1.165) is 44.6 Å². The maximum absolute atomic E-state index is 12.9. The number of methoxy groups -OCH3 is 1. The molecule has 0 unspecified atom stereocenters. The first kappa shape index (κ1) is 18.3. The van der Waals surface area contributed by atoms with E-state index in [2.05, 4.69) is 9.97 Å². The number of nitrogens with zero attached hydrogens (tertiary/aromatic N) is 3. The Balaban J connectivity index is 1.22. The summed E-state index contributed by atoms with van der Waals surface area (Å²) in [6.45, 7) is 1.37. The number of likely N-dealkylation sites (tertiary alicyclic amines) is 1. The molecule has 4 aromatic rings. The van der Waals surface area contributed by atoms with Crippen LogP contribution in [0, 0.1) is 0 Å². The number of piperidine rings is 1. The summed E-state index contributed by atoms with van der Waals surface area (Å²) >= 11 is 3.08. The molecule has 2 aromatic carbocycles. The molecule has 0 N–H and O–H groups in total. The fourth-order valence-electron chi connectivity index (χ4n) is 3.55. The number of hydrogen-bond acceptors (Lipinski definition) is 7. The molecule has 0 aliphatic carbocycles. The lowest BCUT2D eigenvalue weighted by atomic mass is 10.1. The summed E-state index contributed by atoms with van der Waals surface area (Å²) < 4.78 is 13.5. The van der Waals surface area contributed by atoms with Gasteiger partial charge in [0.05, 0.1) is 33.1 Å². The van der Waals surface area contributed by atoms with Gasteiger partial charge in [-0.15, -0.1) is 11.3 Å². The highest BCUT2D eigenvalue weighted by atomic mass is 32.1. The molecule has 0 saturated carbocycles. The molecule has 8 heteroatoms. The average Bonchev–Trinajstić information content (AvgIpc) is 3.38. The van der Waals surface area contributed by atoms with Gasteiger partial charge >= 0.3 is 0 Å².